The number of halogens is 1. The maximum atomic E-state index is 11.9. The summed E-state index contributed by atoms with van der Waals surface area (Å²) in [6.45, 7) is 14.3. The molecule has 8 heteroatoms. The second-order valence-corrected chi connectivity index (χ2v) is 7.29. The summed E-state index contributed by atoms with van der Waals surface area (Å²) in [6.07, 6.45) is 0. The molecular formula is C21H36IN3O4. The van der Waals surface area contributed by atoms with Crippen molar-refractivity contribution in [3.63, 3.8) is 0 Å². The van der Waals surface area contributed by atoms with Crippen LogP contribution in [-0.2, 0) is 20.8 Å². The molecule has 0 spiro atoms. The average Bonchev–Trinajstić information content (AvgIpc) is 2.61. The minimum absolute atomic E-state index is 0. The van der Waals surface area contributed by atoms with Gasteiger partial charge in [-0.15, -0.1) is 24.0 Å². The molecule has 0 radical (unpaired) electrons. The zero-order valence-electron chi connectivity index (χ0n) is 18.5. The van der Waals surface area contributed by atoms with Crippen molar-refractivity contribution >= 4 is 35.9 Å². The van der Waals surface area contributed by atoms with Crippen molar-refractivity contribution < 1.29 is 19.0 Å². The molecule has 0 aliphatic heterocycles. The molecule has 0 aliphatic rings. The zero-order valence-corrected chi connectivity index (χ0v) is 20.8. The van der Waals surface area contributed by atoms with E-state index in [1.807, 2.05) is 59.7 Å². The number of aryl methyl sites for hydroxylation is 1. The first-order chi connectivity index (χ1) is 13.2. The van der Waals surface area contributed by atoms with E-state index in [1.54, 1.807) is 0 Å². The van der Waals surface area contributed by atoms with Crippen molar-refractivity contribution in [1.29, 1.82) is 0 Å². The number of hydrogen-bond donors (Lipinski definition) is 2. The Hall–Kier alpha value is -1.55. The Kier molecular flexibility index (Phi) is 13.7. The smallest absolute Gasteiger partial charge is 0.325 e. The Morgan fingerprint density at radius 2 is 1.86 bits per heavy atom. The Bertz CT molecular complexity index is 645. The highest BCUT2D eigenvalue weighted by molar-refractivity contribution is 14.0. The van der Waals surface area contributed by atoms with E-state index in [0.717, 1.165) is 16.9 Å². The van der Waals surface area contributed by atoms with Crippen molar-refractivity contribution in [2.24, 2.45) is 4.99 Å². The van der Waals surface area contributed by atoms with Gasteiger partial charge < -0.3 is 24.8 Å². The standard InChI is InChI=1S/C21H35N3O4.HI/c1-7-22-20(24-15-19(25)28-21(4,5)6)23-14-17-10-9-16(3)13-18(17)27-12-11-26-8-2;/h9-10,13H,7-8,11-12,14-15H2,1-6H3,(H2,22,23,24);1H. The summed E-state index contributed by atoms with van der Waals surface area (Å²) < 4.78 is 16.5. The number of carbonyl (C=O) groups is 1. The molecular weight excluding hydrogens is 485 g/mol. The number of benzene rings is 1. The topological polar surface area (TPSA) is 81.2 Å². The maximum Gasteiger partial charge on any atom is 0.325 e. The van der Waals surface area contributed by atoms with Gasteiger partial charge in [-0.05, 0) is 53.2 Å². The van der Waals surface area contributed by atoms with E-state index in [4.69, 9.17) is 14.2 Å². The molecule has 0 unspecified atom stereocenters. The van der Waals surface area contributed by atoms with E-state index in [1.165, 1.54) is 0 Å². The first kappa shape index (κ1) is 27.5. The fraction of sp³-hybridized carbons (Fsp3) is 0.619. The first-order valence-corrected chi connectivity index (χ1v) is 9.79. The number of aliphatic imine (C=N–C) groups is 1. The Labute approximate surface area is 192 Å². The molecule has 0 fully saturated rings. The predicted octanol–water partition coefficient (Wildman–Crippen LogP) is 3.43. The number of nitrogens with zero attached hydrogens (tertiary/aromatic N) is 1. The van der Waals surface area contributed by atoms with Gasteiger partial charge in [-0.25, -0.2) is 4.99 Å². The second-order valence-electron chi connectivity index (χ2n) is 7.29. The summed E-state index contributed by atoms with van der Waals surface area (Å²) in [4.78, 5) is 16.5. The molecule has 166 valence electrons. The Balaban J connectivity index is 0.00000784. The van der Waals surface area contributed by atoms with E-state index in [9.17, 15) is 4.79 Å². The van der Waals surface area contributed by atoms with Crippen molar-refractivity contribution in [2.45, 2.75) is 53.7 Å². The van der Waals surface area contributed by atoms with Crippen molar-refractivity contribution in [3.8, 4) is 5.75 Å². The van der Waals surface area contributed by atoms with Crippen molar-refractivity contribution in [3.05, 3.63) is 29.3 Å². The van der Waals surface area contributed by atoms with Crippen LogP contribution in [0.3, 0.4) is 0 Å². The maximum absolute atomic E-state index is 11.9. The Morgan fingerprint density at radius 1 is 1.14 bits per heavy atom. The lowest BCUT2D eigenvalue weighted by atomic mass is 10.1. The van der Waals surface area contributed by atoms with Gasteiger partial charge in [0, 0.05) is 18.7 Å². The van der Waals surface area contributed by atoms with Crippen LogP contribution in [0.2, 0.25) is 0 Å². The van der Waals surface area contributed by atoms with Crippen LogP contribution in [0.5, 0.6) is 5.75 Å². The van der Waals surface area contributed by atoms with Gasteiger partial charge in [0.15, 0.2) is 5.96 Å². The van der Waals surface area contributed by atoms with Gasteiger partial charge in [-0.2, -0.15) is 0 Å². The molecule has 7 nitrogen and oxygen atoms in total. The third-order valence-corrected chi connectivity index (χ3v) is 3.48. The number of nitrogens with one attached hydrogen (secondary N) is 2. The Morgan fingerprint density at radius 3 is 2.48 bits per heavy atom. The van der Waals surface area contributed by atoms with Gasteiger partial charge in [0.25, 0.3) is 0 Å². The highest BCUT2D eigenvalue weighted by Crippen LogP contribution is 2.21. The average molecular weight is 521 g/mol. The summed E-state index contributed by atoms with van der Waals surface area (Å²) in [5.74, 6) is 1.02. The summed E-state index contributed by atoms with van der Waals surface area (Å²) in [6, 6.07) is 6.03. The van der Waals surface area contributed by atoms with E-state index >= 15 is 0 Å². The summed E-state index contributed by atoms with van der Waals surface area (Å²) in [5, 5.41) is 6.14. The largest absolute Gasteiger partial charge is 0.491 e. The summed E-state index contributed by atoms with van der Waals surface area (Å²) in [5.41, 5.74) is 1.58. The van der Waals surface area contributed by atoms with Gasteiger partial charge in [0.2, 0.25) is 0 Å². The van der Waals surface area contributed by atoms with Crippen LogP contribution in [0.1, 0.15) is 45.7 Å². The van der Waals surface area contributed by atoms with Gasteiger partial charge >= 0.3 is 5.97 Å². The van der Waals surface area contributed by atoms with E-state index in [-0.39, 0.29) is 36.5 Å². The molecule has 1 aromatic rings. The van der Waals surface area contributed by atoms with Gasteiger partial charge in [-0.1, -0.05) is 12.1 Å². The lowest BCUT2D eigenvalue weighted by Crippen LogP contribution is -2.41. The normalized spacial score (nSPS) is 11.4. The van der Waals surface area contributed by atoms with Gasteiger partial charge in [0.1, 0.15) is 24.5 Å². The molecule has 0 aromatic heterocycles. The van der Waals surface area contributed by atoms with Crippen molar-refractivity contribution in [1.82, 2.24) is 10.6 Å². The van der Waals surface area contributed by atoms with E-state index < -0.39 is 5.60 Å². The number of rotatable bonds is 10. The number of guanidine groups is 1. The third kappa shape index (κ3) is 12.6. The molecule has 29 heavy (non-hydrogen) atoms. The van der Waals surface area contributed by atoms with Crippen LogP contribution >= 0.6 is 24.0 Å². The van der Waals surface area contributed by atoms with Crippen LogP contribution in [-0.4, -0.2) is 50.4 Å². The molecule has 0 saturated heterocycles. The SMILES string of the molecule is CCNC(=NCc1ccc(C)cc1OCCOCC)NCC(=O)OC(C)(C)C.I. The molecule has 1 rings (SSSR count). The fourth-order valence-electron chi connectivity index (χ4n) is 2.32. The number of hydrogen-bond acceptors (Lipinski definition) is 5. The third-order valence-electron chi connectivity index (χ3n) is 3.48. The molecule has 0 amide bonds. The highest BCUT2D eigenvalue weighted by atomic mass is 127. The minimum atomic E-state index is -0.510. The number of carbonyl (C=O) groups excluding carboxylic acids is 1. The van der Waals surface area contributed by atoms with Crippen LogP contribution in [0.15, 0.2) is 23.2 Å². The molecule has 0 bridgehead atoms. The lowest BCUT2D eigenvalue weighted by Gasteiger charge is -2.20. The van der Waals surface area contributed by atoms with E-state index in [2.05, 4.69) is 15.6 Å². The monoisotopic (exact) mass is 521 g/mol. The quantitative estimate of drug-likeness (QED) is 0.162. The zero-order chi connectivity index (χ0) is 21.0. The fourth-order valence-corrected chi connectivity index (χ4v) is 2.32. The number of ether oxygens (including phenoxy) is 3. The lowest BCUT2D eigenvalue weighted by molar-refractivity contribution is -0.153. The van der Waals surface area contributed by atoms with Crippen LogP contribution in [0, 0.1) is 6.92 Å². The minimum Gasteiger partial charge on any atom is -0.491 e. The predicted molar refractivity (Wildman–Crippen MR) is 127 cm³/mol. The number of esters is 1. The van der Waals surface area contributed by atoms with Crippen LogP contribution in [0.4, 0.5) is 0 Å². The van der Waals surface area contributed by atoms with Crippen molar-refractivity contribution in [2.75, 3.05) is 32.9 Å². The molecule has 2 N–H and O–H groups in total. The summed E-state index contributed by atoms with van der Waals surface area (Å²) >= 11 is 0. The molecule has 0 saturated carbocycles. The summed E-state index contributed by atoms with van der Waals surface area (Å²) in [7, 11) is 0. The van der Waals surface area contributed by atoms with E-state index in [0.29, 0.717) is 38.9 Å². The van der Waals surface area contributed by atoms with Crippen LogP contribution < -0.4 is 15.4 Å². The second kappa shape index (κ2) is 14.4. The molecule has 0 aliphatic carbocycles. The van der Waals surface area contributed by atoms with Gasteiger partial charge in [-0.3, -0.25) is 4.79 Å². The molecule has 0 heterocycles. The van der Waals surface area contributed by atoms with Gasteiger partial charge in [0.05, 0.1) is 13.2 Å². The van der Waals surface area contributed by atoms with Crippen LogP contribution in [0.25, 0.3) is 0 Å². The first-order valence-electron chi connectivity index (χ1n) is 9.79. The molecule has 1 aromatic carbocycles. The highest BCUT2D eigenvalue weighted by Gasteiger charge is 2.16. The molecule has 0 atom stereocenters.